The quantitative estimate of drug-likeness (QED) is 0.797. The van der Waals surface area contributed by atoms with E-state index in [1.54, 1.807) is 18.2 Å². The number of carbonyl (C=O) groups is 2. The van der Waals surface area contributed by atoms with Crippen molar-refractivity contribution in [3.05, 3.63) is 35.2 Å². The summed E-state index contributed by atoms with van der Waals surface area (Å²) in [5.41, 5.74) is 0.741. The van der Waals surface area contributed by atoms with Crippen molar-refractivity contribution in [2.75, 3.05) is 20.2 Å². The standard InChI is InChI=1S/C16H17ClN4O4/c1-24-14(22)8-12-16(23)18-5-6-21(12)9-13-19-15(20-25-13)10-3-2-4-11(17)7-10/h2-4,7,12H,5-6,8-9H2,1H3,(H,18,23). The Morgan fingerprint density at radius 2 is 2.36 bits per heavy atom. The Hall–Kier alpha value is -2.45. The van der Waals surface area contributed by atoms with E-state index in [2.05, 4.69) is 20.2 Å². The van der Waals surface area contributed by atoms with E-state index < -0.39 is 12.0 Å². The van der Waals surface area contributed by atoms with Crippen LogP contribution in [0.25, 0.3) is 11.4 Å². The number of nitrogens with one attached hydrogen (secondary N) is 1. The molecular weight excluding hydrogens is 348 g/mol. The van der Waals surface area contributed by atoms with Crippen molar-refractivity contribution in [1.82, 2.24) is 20.4 Å². The summed E-state index contributed by atoms with van der Waals surface area (Å²) < 4.78 is 9.95. The molecule has 0 saturated carbocycles. The van der Waals surface area contributed by atoms with Gasteiger partial charge in [0.1, 0.15) is 6.04 Å². The van der Waals surface area contributed by atoms with Crippen molar-refractivity contribution >= 4 is 23.5 Å². The number of esters is 1. The Kier molecular flexibility index (Phi) is 5.30. The number of amides is 1. The molecule has 0 bridgehead atoms. The molecule has 1 aliphatic rings. The highest BCUT2D eigenvalue weighted by Gasteiger charge is 2.33. The van der Waals surface area contributed by atoms with Crippen LogP contribution in [-0.2, 0) is 20.9 Å². The number of ether oxygens (including phenoxy) is 1. The summed E-state index contributed by atoms with van der Waals surface area (Å²) in [7, 11) is 1.29. The first kappa shape index (κ1) is 17.4. The van der Waals surface area contributed by atoms with Gasteiger partial charge in [-0.15, -0.1) is 0 Å². The monoisotopic (exact) mass is 364 g/mol. The molecule has 1 aromatic carbocycles. The van der Waals surface area contributed by atoms with Gasteiger partial charge >= 0.3 is 5.97 Å². The molecule has 1 fully saturated rings. The molecule has 0 radical (unpaired) electrons. The Morgan fingerprint density at radius 3 is 3.12 bits per heavy atom. The largest absolute Gasteiger partial charge is 0.469 e. The van der Waals surface area contributed by atoms with Crippen LogP contribution in [-0.4, -0.2) is 53.2 Å². The predicted molar refractivity (Wildman–Crippen MR) is 88.6 cm³/mol. The van der Waals surface area contributed by atoms with Gasteiger partial charge in [-0.2, -0.15) is 4.98 Å². The van der Waals surface area contributed by atoms with E-state index in [4.69, 9.17) is 16.1 Å². The molecule has 9 heteroatoms. The minimum atomic E-state index is -0.622. The van der Waals surface area contributed by atoms with Gasteiger partial charge in [-0.3, -0.25) is 14.5 Å². The summed E-state index contributed by atoms with van der Waals surface area (Å²) in [4.78, 5) is 29.8. The normalized spacial score (nSPS) is 18.0. The molecule has 1 unspecified atom stereocenters. The number of carbonyl (C=O) groups excluding carboxylic acids is 2. The lowest BCUT2D eigenvalue weighted by molar-refractivity contribution is -0.146. The van der Waals surface area contributed by atoms with Crippen LogP contribution in [0.1, 0.15) is 12.3 Å². The van der Waals surface area contributed by atoms with E-state index in [1.165, 1.54) is 7.11 Å². The van der Waals surface area contributed by atoms with Crippen LogP contribution in [0, 0.1) is 0 Å². The molecule has 2 heterocycles. The summed E-state index contributed by atoms with van der Waals surface area (Å²) in [6, 6.07) is 6.51. The lowest BCUT2D eigenvalue weighted by atomic mass is 10.1. The second-order valence-electron chi connectivity index (χ2n) is 5.58. The molecule has 8 nitrogen and oxygen atoms in total. The zero-order chi connectivity index (χ0) is 17.8. The van der Waals surface area contributed by atoms with Crippen molar-refractivity contribution in [1.29, 1.82) is 0 Å². The van der Waals surface area contributed by atoms with Crippen LogP contribution >= 0.6 is 11.6 Å². The molecule has 0 aliphatic carbocycles. The summed E-state index contributed by atoms with van der Waals surface area (Å²) >= 11 is 5.97. The minimum absolute atomic E-state index is 0.0301. The molecular formula is C16H17ClN4O4. The van der Waals surface area contributed by atoms with E-state index >= 15 is 0 Å². The number of hydrogen-bond donors (Lipinski definition) is 1. The first-order valence-electron chi connectivity index (χ1n) is 7.74. The number of benzene rings is 1. The maximum atomic E-state index is 12.1. The van der Waals surface area contributed by atoms with E-state index in [1.807, 2.05) is 11.0 Å². The van der Waals surface area contributed by atoms with E-state index in [0.29, 0.717) is 29.8 Å². The predicted octanol–water partition coefficient (Wildman–Crippen LogP) is 1.25. The van der Waals surface area contributed by atoms with Gasteiger partial charge in [0.05, 0.1) is 20.1 Å². The SMILES string of the molecule is COC(=O)CC1C(=O)NCCN1Cc1nc(-c2cccc(Cl)c2)no1. The van der Waals surface area contributed by atoms with Crippen molar-refractivity contribution in [2.45, 2.75) is 19.0 Å². The van der Waals surface area contributed by atoms with E-state index in [9.17, 15) is 9.59 Å². The van der Waals surface area contributed by atoms with Gasteiger partial charge in [0, 0.05) is 23.7 Å². The molecule has 3 rings (SSSR count). The molecule has 1 aromatic heterocycles. The smallest absolute Gasteiger partial charge is 0.307 e. The van der Waals surface area contributed by atoms with Gasteiger partial charge in [0.25, 0.3) is 0 Å². The van der Waals surface area contributed by atoms with Gasteiger partial charge < -0.3 is 14.6 Å². The highest BCUT2D eigenvalue weighted by atomic mass is 35.5. The number of nitrogens with zero attached hydrogens (tertiary/aromatic N) is 3. The lowest BCUT2D eigenvalue weighted by Crippen LogP contribution is -2.55. The maximum absolute atomic E-state index is 12.1. The van der Waals surface area contributed by atoms with Crippen molar-refractivity contribution < 1.29 is 18.8 Å². The highest BCUT2D eigenvalue weighted by molar-refractivity contribution is 6.30. The van der Waals surface area contributed by atoms with Crippen LogP contribution in [0.15, 0.2) is 28.8 Å². The fraction of sp³-hybridized carbons (Fsp3) is 0.375. The molecule has 132 valence electrons. The van der Waals surface area contributed by atoms with E-state index in [-0.39, 0.29) is 18.9 Å². The second kappa shape index (κ2) is 7.62. The van der Waals surface area contributed by atoms with Crippen molar-refractivity contribution in [2.24, 2.45) is 0 Å². The van der Waals surface area contributed by atoms with Crippen LogP contribution < -0.4 is 5.32 Å². The Morgan fingerprint density at radius 1 is 1.52 bits per heavy atom. The fourth-order valence-corrected chi connectivity index (χ4v) is 2.84. The first-order valence-corrected chi connectivity index (χ1v) is 8.11. The van der Waals surface area contributed by atoms with Crippen LogP contribution in [0.3, 0.4) is 0 Å². The summed E-state index contributed by atoms with van der Waals surface area (Å²) in [6.45, 7) is 1.33. The second-order valence-corrected chi connectivity index (χ2v) is 6.02. The number of aromatic nitrogens is 2. The van der Waals surface area contributed by atoms with Gasteiger partial charge in [-0.05, 0) is 12.1 Å². The Bertz CT molecular complexity index is 779. The minimum Gasteiger partial charge on any atom is -0.469 e. The molecule has 1 atom stereocenters. The first-order chi connectivity index (χ1) is 12.1. The zero-order valence-corrected chi connectivity index (χ0v) is 14.3. The summed E-state index contributed by atoms with van der Waals surface area (Å²) in [5, 5.41) is 7.27. The molecule has 25 heavy (non-hydrogen) atoms. The third-order valence-corrected chi connectivity index (χ3v) is 4.15. The maximum Gasteiger partial charge on any atom is 0.307 e. The summed E-state index contributed by atoms with van der Waals surface area (Å²) in [5.74, 6) is 0.117. The number of halogens is 1. The molecule has 0 spiro atoms. The third-order valence-electron chi connectivity index (χ3n) is 3.92. The molecule has 1 amide bonds. The number of hydrogen-bond acceptors (Lipinski definition) is 7. The lowest BCUT2D eigenvalue weighted by Gasteiger charge is -2.33. The van der Waals surface area contributed by atoms with Crippen molar-refractivity contribution in [3.63, 3.8) is 0 Å². The number of rotatable bonds is 5. The molecule has 2 aromatic rings. The Labute approximate surface area is 149 Å². The topological polar surface area (TPSA) is 97.6 Å². The molecule has 1 saturated heterocycles. The van der Waals surface area contributed by atoms with Crippen LogP contribution in [0.2, 0.25) is 5.02 Å². The highest BCUT2D eigenvalue weighted by Crippen LogP contribution is 2.21. The van der Waals surface area contributed by atoms with Crippen molar-refractivity contribution in [3.8, 4) is 11.4 Å². The molecule has 1 N–H and O–H groups in total. The summed E-state index contributed by atoms with van der Waals surface area (Å²) in [6.07, 6.45) is -0.0301. The van der Waals surface area contributed by atoms with Crippen LogP contribution in [0.4, 0.5) is 0 Å². The van der Waals surface area contributed by atoms with Gasteiger partial charge in [0.15, 0.2) is 0 Å². The molecule has 1 aliphatic heterocycles. The average Bonchev–Trinajstić information content (AvgIpc) is 3.06. The van der Waals surface area contributed by atoms with Crippen LogP contribution in [0.5, 0.6) is 0 Å². The average molecular weight is 365 g/mol. The number of methoxy groups -OCH3 is 1. The van der Waals surface area contributed by atoms with Gasteiger partial charge in [-0.25, -0.2) is 0 Å². The third kappa shape index (κ3) is 4.15. The van der Waals surface area contributed by atoms with Gasteiger partial charge in [0.2, 0.25) is 17.6 Å². The Balaban J connectivity index is 1.74. The number of piperazine rings is 1. The fourth-order valence-electron chi connectivity index (χ4n) is 2.65. The zero-order valence-electron chi connectivity index (χ0n) is 13.6. The van der Waals surface area contributed by atoms with Gasteiger partial charge in [-0.1, -0.05) is 28.9 Å². The van der Waals surface area contributed by atoms with E-state index in [0.717, 1.165) is 5.56 Å².